The third-order valence-electron chi connectivity index (χ3n) is 6.21. The number of nitrogens with zero attached hydrogens (tertiary/aromatic N) is 1. The second-order valence-electron chi connectivity index (χ2n) is 8.89. The molecule has 1 unspecified atom stereocenters. The summed E-state index contributed by atoms with van der Waals surface area (Å²) in [5.41, 5.74) is 1.74. The van der Waals surface area contributed by atoms with Gasteiger partial charge in [0.25, 0.3) is 0 Å². The molecule has 0 saturated heterocycles. The number of hydrogen-bond donors (Lipinski definition) is 0. The van der Waals surface area contributed by atoms with Crippen LogP contribution >= 0.6 is 0 Å². The molecular weight excluding hydrogens is 362 g/mol. The molecular formula is C25H23NO3. The van der Waals surface area contributed by atoms with E-state index in [-0.39, 0.29) is 17.1 Å². The number of benzene rings is 2. The van der Waals surface area contributed by atoms with Gasteiger partial charge in [-0.2, -0.15) is 0 Å². The maximum atomic E-state index is 13.8. The minimum atomic E-state index is -1.19. The number of rotatable bonds is 1. The van der Waals surface area contributed by atoms with Gasteiger partial charge in [-0.25, -0.2) is 0 Å². The average Bonchev–Trinajstić information content (AvgIpc) is 3.11. The fourth-order valence-corrected chi connectivity index (χ4v) is 4.98. The van der Waals surface area contributed by atoms with Crippen LogP contribution in [0.2, 0.25) is 0 Å². The number of Topliss-reactive ketones (excluding diaryl/α,β-unsaturated/α-hetero) is 1. The predicted octanol–water partition coefficient (Wildman–Crippen LogP) is 4.62. The summed E-state index contributed by atoms with van der Waals surface area (Å²) in [6.07, 6.45) is 2.96. The minimum Gasteiger partial charge on any atom is -0.464 e. The Kier molecular flexibility index (Phi) is 3.66. The lowest BCUT2D eigenvalue weighted by Crippen LogP contribution is -2.43. The normalized spacial score (nSPS) is 26.2. The second-order valence-corrected chi connectivity index (χ2v) is 8.89. The van der Waals surface area contributed by atoms with Crippen LogP contribution in [-0.4, -0.2) is 18.7 Å². The lowest BCUT2D eigenvalue weighted by Gasteiger charge is -2.31. The van der Waals surface area contributed by atoms with Crippen LogP contribution in [-0.2, 0) is 19.7 Å². The molecule has 1 spiro atoms. The SMILES string of the molecule is CN1C(=O)C2(C3=C(CC(C)(C)CC3=O)O/C2=C\c2ccccc2)c2ccccc21. The van der Waals surface area contributed by atoms with Gasteiger partial charge >= 0.3 is 0 Å². The van der Waals surface area contributed by atoms with Gasteiger partial charge in [0.05, 0.1) is 5.57 Å². The largest absolute Gasteiger partial charge is 0.464 e. The Morgan fingerprint density at radius 1 is 0.966 bits per heavy atom. The third kappa shape index (κ3) is 2.38. The Labute approximate surface area is 170 Å². The molecule has 1 amide bonds. The molecule has 5 rings (SSSR count). The fraction of sp³-hybridized carbons (Fsp3) is 0.280. The van der Waals surface area contributed by atoms with E-state index in [0.717, 1.165) is 16.8 Å². The lowest BCUT2D eigenvalue weighted by atomic mass is 9.66. The van der Waals surface area contributed by atoms with E-state index < -0.39 is 5.41 Å². The number of ketones is 1. The van der Waals surface area contributed by atoms with Crippen molar-refractivity contribution in [2.24, 2.45) is 5.41 Å². The maximum Gasteiger partial charge on any atom is 0.249 e. The molecule has 3 aliphatic rings. The molecule has 0 bridgehead atoms. The maximum absolute atomic E-state index is 13.8. The summed E-state index contributed by atoms with van der Waals surface area (Å²) in [7, 11) is 1.77. The summed E-state index contributed by atoms with van der Waals surface area (Å²) in [5.74, 6) is 1.05. The molecule has 0 fully saturated rings. The summed E-state index contributed by atoms with van der Waals surface area (Å²) in [4.78, 5) is 28.8. The molecule has 0 N–H and O–H groups in total. The molecule has 2 aliphatic heterocycles. The van der Waals surface area contributed by atoms with Gasteiger partial charge in [0.1, 0.15) is 11.5 Å². The van der Waals surface area contributed by atoms with E-state index in [1.165, 1.54) is 0 Å². The van der Waals surface area contributed by atoms with Crippen LogP contribution in [0.25, 0.3) is 6.08 Å². The first-order valence-electron chi connectivity index (χ1n) is 9.94. The van der Waals surface area contributed by atoms with E-state index in [4.69, 9.17) is 4.74 Å². The number of likely N-dealkylation sites (N-methyl/N-ethyl adjacent to an activating group) is 1. The van der Waals surface area contributed by atoms with Gasteiger partial charge in [0, 0.05) is 31.1 Å². The first-order chi connectivity index (χ1) is 13.8. The van der Waals surface area contributed by atoms with Crippen molar-refractivity contribution in [3.8, 4) is 0 Å². The lowest BCUT2D eigenvalue weighted by molar-refractivity contribution is -0.124. The predicted molar refractivity (Wildman–Crippen MR) is 112 cm³/mol. The van der Waals surface area contributed by atoms with Crippen LogP contribution in [0.4, 0.5) is 5.69 Å². The monoisotopic (exact) mass is 385 g/mol. The summed E-state index contributed by atoms with van der Waals surface area (Å²) >= 11 is 0. The average molecular weight is 385 g/mol. The van der Waals surface area contributed by atoms with E-state index in [9.17, 15) is 9.59 Å². The van der Waals surface area contributed by atoms with Crippen LogP contribution in [0.1, 0.15) is 37.8 Å². The number of carbonyl (C=O) groups is 2. The second kappa shape index (κ2) is 5.93. The Bertz CT molecular complexity index is 1110. The standard InChI is InChI=1S/C25H23NO3/c1-24(2)14-19(27)22-20(15-24)29-21(13-16-9-5-4-6-10-16)25(22)17-11-7-8-12-18(17)26(3)23(25)28/h4-13H,14-15H2,1-3H3/b21-13-. The van der Waals surface area contributed by atoms with Crippen molar-refractivity contribution >= 4 is 23.5 Å². The minimum absolute atomic E-state index is 0.00571. The van der Waals surface area contributed by atoms with Crippen molar-refractivity contribution in [2.45, 2.75) is 32.1 Å². The summed E-state index contributed by atoms with van der Waals surface area (Å²) in [5, 5.41) is 0. The highest BCUT2D eigenvalue weighted by atomic mass is 16.5. The number of amides is 1. The summed E-state index contributed by atoms with van der Waals surface area (Å²) < 4.78 is 6.36. The Hall–Kier alpha value is -3.14. The van der Waals surface area contributed by atoms with Crippen molar-refractivity contribution in [2.75, 3.05) is 11.9 Å². The van der Waals surface area contributed by atoms with Crippen molar-refractivity contribution in [3.05, 3.63) is 82.8 Å². The molecule has 0 aromatic heterocycles. The quantitative estimate of drug-likeness (QED) is 0.720. The Morgan fingerprint density at radius 2 is 1.66 bits per heavy atom. The molecule has 1 atom stereocenters. The third-order valence-corrected chi connectivity index (χ3v) is 6.21. The molecule has 0 radical (unpaired) electrons. The molecule has 4 heteroatoms. The van der Waals surface area contributed by atoms with Crippen molar-refractivity contribution in [3.63, 3.8) is 0 Å². The van der Waals surface area contributed by atoms with Gasteiger partial charge in [-0.3, -0.25) is 9.59 Å². The van der Waals surface area contributed by atoms with Crippen LogP contribution in [0.3, 0.4) is 0 Å². The van der Waals surface area contributed by atoms with Crippen LogP contribution in [0.5, 0.6) is 0 Å². The van der Waals surface area contributed by atoms with Crippen LogP contribution in [0, 0.1) is 5.41 Å². The zero-order chi connectivity index (χ0) is 20.4. The molecule has 2 aromatic rings. The van der Waals surface area contributed by atoms with Gasteiger partial charge in [0.2, 0.25) is 5.91 Å². The van der Waals surface area contributed by atoms with Crippen LogP contribution < -0.4 is 4.90 Å². The van der Waals surface area contributed by atoms with Crippen molar-refractivity contribution in [1.82, 2.24) is 0 Å². The highest BCUT2D eigenvalue weighted by molar-refractivity contribution is 6.20. The smallest absolute Gasteiger partial charge is 0.249 e. The molecule has 29 heavy (non-hydrogen) atoms. The number of anilines is 1. The molecule has 2 heterocycles. The van der Waals surface area contributed by atoms with E-state index in [1.54, 1.807) is 11.9 Å². The zero-order valence-corrected chi connectivity index (χ0v) is 16.9. The van der Waals surface area contributed by atoms with Crippen LogP contribution in [0.15, 0.2) is 71.7 Å². The molecule has 2 aromatic carbocycles. The van der Waals surface area contributed by atoms with Gasteiger partial charge in [-0.05, 0) is 23.1 Å². The van der Waals surface area contributed by atoms with E-state index in [0.29, 0.717) is 29.9 Å². The summed E-state index contributed by atoms with van der Waals surface area (Å²) in [6, 6.07) is 17.5. The zero-order valence-electron chi connectivity index (χ0n) is 16.9. The molecule has 146 valence electrons. The fourth-order valence-electron chi connectivity index (χ4n) is 4.98. The first-order valence-corrected chi connectivity index (χ1v) is 9.94. The highest BCUT2D eigenvalue weighted by Gasteiger charge is 2.63. The molecule has 4 nitrogen and oxygen atoms in total. The van der Waals surface area contributed by atoms with Crippen molar-refractivity contribution in [1.29, 1.82) is 0 Å². The van der Waals surface area contributed by atoms with Gasteiger partial charge < -0.3 is 9.64 Å². The van der Waals surface area contributed by atoms with Gasteiger partial charge in [0.15, 0.2) is 11.2 Å². The Balaban J connectivity index is 1.81. The van der Waals surface area contributed by atoms with E-state index in [2.05, 4.69) is 13.8 Å². The Morgan fingerprint density at radius 3 is 2.41 bits per heavy atom. The van der Waals surface area contributed by atoms with E-state index in [1.807, 2.05) is 60.7 Å². The number of ether oxygens (including phenoxy) is 1. The van der Waals surface area contributed by atoms with E-state index >= 15 is 0 Å². The first kappa shape index (κ1) is 17.9. The number of para-hydroxylation sites is 1. The molecule has 1 aliphatic carbocycles. The number of hydrogen-bond acceptors (Lipinski definition) is 3. The topological polar surface area (TPSA) is 46.6 Å². The summed E-state index contributed by atoms with van der Waals surface area (Å²) in [6.45, 7) is 4.14. The number of fused-ring (bicyclic) bond motifs is 3. The molecule has 0 saturated carbocycles. The number of carbonyl (C=O) groups excluding carboxylic acids is 2. The van der Waals surface area contributed by atoms with Gasteiger partial charge in [-0.1, -0.05) is 62.4 Å². The van der Waals surface area contributed by atoms with Crippen molar-refractivity contribution < 1.29 is 14.3 Å². The van der Waals surface area contributed by atoms with Gasteiger partial charge in [-0.15, -0.1) is 0 Å². The highest BCUT2D eigenvalue weighted by Crippen LogP contribution is 2.59. The number of allylic oxidation sites excluding steroid dienone is 1.